The van der Waals surface area contributed by atoms with Gasteiger partial charge in [-0.1, -0.05) is 57.9 Å². The molecule has 0 heterocycles. The first-order valence-corrected chi connectivity index (χ1v) is 10.4. The Bertz CT molecular complexity index is 1000. The van der Waals surface area contributed by atoms with Crippen molar-refractivity contribution in [3.63, 3.8) is 0 Å². The van der Waals surface area contributed by atoms with Gasteiger partial charge in [-0.25, -0.2) is 5.43 Å². The number of ether oxygens (including phenoxy) is 1. The van der Waals surface area contributed by atoms with E-state index in [9.17, 15) is 4.79 Å². The minimum atomic E-state index is -0.422. The predicted octanol–water partition coefficient (Wildman–Crippen LogP) is 5.29. The Morgan fingerprint density at radius 2 is 1.77 bits per heavy atom. The molecule has 0 aliphatic carbocycles. The fourth-order valence-electron chi connectivity index (χ4n) is 2.69. The van der Waals surface area contributed by atoms with Gasteiger partial charge >= 0.3 is 0 Å². The molecule has 0 aromatic heterocycles. The minimum absolute atomic E-state index is 0.222. The molecule has 30 heavy (non-hydrogen) atoms. The van der Waals surface area contributed by atoms with E-state index < -0.39 is 6.04 Å². The van der Waals surface area contributed by atoms with Crippen LogP contribution in [-0.4, -0.2) is 18.2 Å². The van der Waals surface area contributed by atoms with Crippen LogP contribution in [0.4, 0.5) is 5.69 Å². The number of halogens is 1. The fraction of sp³-hybridized carbons (Fsp3) is 0.167. The van der Waals surface area contributed by atoms with Crippen LogP contribution >= 0.6 is 15.9 Å². The Labute approximate surface area is 185 Å². The van der Waals surface area contributed by atoms with E-state index in [4.69, 9.17) is 4.74 Å². The molecule has 1 atom stereocenters. The highest BCUT2D eigenvalue weighted by Gasteiger charge is 2.11. The van der Waals surface area contributed by atoms with Crippen LogP contribution in [0.3, 0.4) is 0 Å². The van der Waals surface area contributed by atoms with Gasteiger partial charge in [-0.15, -0.1) is 0 Å². The summed E-state index contributed by atoms with van der Waals surface area (Å²) < 4.78 is 6.95. The number of carbonyl (C=O) groups excluding carboxylic acids is 1. The smallest absolute Gasteiger partial charge is 0.262 e. The van der Waals surface area contributed by atoms with Gasteiger partial charge in [0, 0.05) is 15.7 Å². The van der Waals surface area contributed by atoms with Gasteiger partial charge in [-0.05, 0) is 55.8 Å². The molecule has 0 radical (unpaired) electrons. The van der Waals surface area contributed by atoms with Crippen molar-refractivity contribution in [2.45, 2.75) is 26.5 Å². The zero-order valence-corrected chi connectivity index (χ0v) is 18.5. The number of carbonyl (C=O) groups is 1. The lowest BCUT2D eigenvalue weighted by Gasteiger charge is -2.13. The first-order chi connectivity index (χ1) is 14.5. The lowest BCUT2D eigenvalue weighted by molar-refractivity contribution is -0.121. The van der Waals surface area contributed by atoms with Crippen molar-refractivity contribution in [2.24, 2.45) is 5.10 Å². The largest absolute Gasteiger partial charge is 0.488 e. The molecular formula is C24H24BrN3O2. The number of nitrogens with zero attached hydrogens (tertiary/aromatic N) is 1. The lowest BCUT2D eigenvalue weighted by atomic mass is 10.2. The maximum Gasteiger partial charge on any atom is 0.262 e. The van der Waals surface area contributed by atoms with Crippen molar-refractivity contribution in [1.82, 2.24) is 5.43 Å². The molecular weight excluding hydrogens is 442 g/mol. The zero-order valence-electron chi connectivity index (χ0n) is 16.9. The maximum absolute atomic E-state index is 12.3. The summed E-state index contributed by atoms with van der Waals surface area (Å²) in [5.41, 5.74) is 6.48. The van der Waals surface area contributed by atoms with Gasteiger partial charge in [0.1, 0.15) is 18.4 Å². The molecule has 1 amide bonds. The third-order valence-electron chi connectivity index (χ3n) is 4.43. The molecule has 0 aliphatic rings. The summed E-state index contributed by atoms with van der Waals surface area (Å²) in [5, 5.41) is 7.25. The van der Waals surface area contributed by atoms with Crippen LogP contribution in [0.5, 0.6) is 5.75 Å². The second-order valence-corrected chi connectivity index (χ2v) is 7.83. The molecule has 3 rings (SSSR count). The monoisotopic (exact) mass is 465 g/mol. The molecule has 0 spiro atoms. The van der Waals surface area contributed by atoms with Gasteiger partial charge in [0.2, 0.25) is 0 Å². The Hall–Kier alpha value is -3.12. The fourth-order valence-corrected chi connectivity index (χ4v) is 2.95. The van der Waals surface area contributed by atoms with Gasteiger partial charge in [0.15, 0.2) is 0 Å². The number of anilines is 1. The summed E-state index contributed by atoms with van der Waals surface area (Å²) in [5.74, 6) is 0.476. The van der Waals surface area contributed by atoms with E-state index >= 15 is 0 Å². The van der Waals surface area contributed by atoms with E-state index in [1.807, 2.05) is 79.7 Å². The van der Waals surface area contributed by atoms with Crippen LogP contribution in [0.1, 0.15) is 23.6 Å². The van der Waals surface area contributed by atoms with E-state index in [1.165, 1.54) is 5.56 Å². The standard InChI is InChI=1S/C24H24BrN3O2/c1-17-7-13-22(14-8-17)27-18(2)24(29)28-26-15-20-5-3-4-6-23(20)30-16-19-9-11-21(25)12-10-19/h3-15,18,27H,16H2,1-2H3,(H,28,29). The third-order valence-corrected chi connectivity index (χ3v) is 4.96. The molecule has 6 heteroatoms. The summed E-state index contributed by atoms with van der Waals surface area (Å²) in [6.07, 6.45) is 1.59. The van der Waals surface area contributed by atoms with Crippen molar-refractivity contribution >= 4 is 33.7 Å². The minimum Gasteiger partial charge on any atom is -0.488 e. The van der Waals surface area contributed by atoms with Gasteiger partial charge in [0.05, 0.1) is 6.21 Å². The molecule has 1 unspecified atom stereocenters. The van der Waals surface area contributed by atoms with Crippen molar-refractivity contribution in [2.75, 3.05) is 5.32 Å². The van der Waals surface area contributed by atoms with Crippen molar-refractivity contribution in [3.8, 4) is 5.75 Å². The molecule has 5 nitrogen and oxygen atoms in total. The molecule has 3 aromatic carbocycles. The second-order valence-electron chi connectivity index (χ2n) is 6.92. The first-order valence-electron chi connectivity index (χ1n) is 9.63. The number of para-hydroxylation sites is 1. The van der Waals surface area contributed by atoms with Crippen LogP contribution in [0.25, 0.3) is 0 Å². The van der Waals surface area contributed by atoms with Crippen LogP contribution < -0.4 is 15.5 Å². The molecule has 0 fully saturated rings. The van der Waals surface area contributed by atoms with Crippen molar-refractivity contribution < 1.29 is 9.53 Å². The summed E-state index contributed by atoms with van der Waals surface area (Å²) >= 11 is 3.43. The molecule has 0 bridgehead atoms. The van der Waals surface area contributed by atoms with Gasteiger partial charge in [0.25, 0.3) is 5.91 Å². The Morgan fingerprint density at radius 3 is 2.50 bits per heavy atom. The predicted molar refractivity (Wildman–Crippen MR) is 125 cm³/mol. The second kappa shape index (κ2) is 10.6. The number of hydrogen-bond donors (Lipinski definition) is 2. The Kier molecular flexibility index (Phi) is 7.63. The summed E-state index contributed by atoms with van der Waals surface area (Å²) in [7, 11) is 0. The number of benzene rings is 3. The molecule has 154 valence electrons. The zero-order chi connectivity index (χ0) is 21.3. The normalized spacial score (nSPS) is 11.8. The number of rotatable bonds is 8. The SMILES string of the molecule is Cc1ccc(NC(C)C(=O)NN=Cc2ccccc2OCc2ccc(Br)cc2)cc1. The summed E-state index contributed by atoms with van der Waals surface area (Å²) in [4.78, 5) is 12.3. The topological polar surface area (TPSA) is 62.7 Å². The highest BCUT2D eigenvalue weighted by atomic mass is 79.9. The third kappa shape index (κ3) is 6.46. The number of hydrazone groups is 1. The molecule has 3 aromatic rings. The van der Waals surface area contributed by atoms with Gasteiger partial charge in [-0.2, -0.15) is 5.10 Å². The maximum atomic E-state index is 12.3. The highest BCUT2D eigenvalue weighted by molar-refractivity contribution is 9.10. The van der Waals surface area contributed by atoms with Gasteiger partial charge in [-0.3, -0.25) is 4.79 Å². The molecule has 0 saturated carbocycles. The van der Waals surface area contributed by atoms with Crippen LogP contribution in [0, 0.1) is 6.92 Å². The Balaban J connectivity index is 1.55. The van der Waals surface area contributed by atoms with E-state index in [2.05, 4.69) is 31.8 Å². The molecule has 0 aliphatic heterocycles. The van der Waals surface area contributed by atoms with Crippen LogP contribution in [-0.2, 0) is 11.4 Å². The quantitative estimate of drug-likeness (QED) is 0.351. The number of nitrogens with one attached hydrogen (secondary N) is 2. The number of hydrogen-bond acceptors (Lipinski definition) is 4. The number of aryl methyl sites for hydroxylation is 1. The number of amides is 1. The van der Waals surface area contributed by atoms with Crippen molar-refractivity contribution in [3.05, 3.63) is 94.0 Å². The lowest BCUT2D eigenvalue weighted by Crippen LogP contribution is -2.34. The molecule has 0 saturated heterocycles. The highest BCUT2D eigenvalue weighted by Crippen LogP contribution is 2.18. The average molecular weight is 466 g/mol. The average Bonchev–Trinajstić information content (AvgIpc) is 2.75. The van der Waals surface area contributed by atoms with Crippen LogP contribution in [0.15, 0.2) is 82.4 Å². The van der Waals surface area contributed by atoms with Crippen LogP contribution in [0.2, 0.25) is 0 Å². The van der Waals surface area contributed by atoms with Gasteiger partial charge < -0.3 is 10.1 Å². The summed E-state index contributed by atoms with van der Waals surface area (Å²) in [6.45, 7) is 4.26. The van der Waals surface area contributed by atoms with Crippen molar-refractivity contribution in [1.29, 1.82) is 0 Å². The summed E-state index contributed by atoms with van der Waals surface area (Å²) in [6, 6.07) is 23.0. The van der Waals surface area contributed by atoms with E-state index in [0.717, 1.165) is 21.3 Å². The van der Waals surface area contributed by atoms with E-state index in [0.29, 0.717) is 12.4 Å². The molecule has 2 N–H and O–H groups in total. The van der Waals surface area contributed by atoms with E-state index in [1.54, 1.807) is 13.1 Å². The van der Waals surface area contributed by atoms with E-state index in [-0.39, 0.29) is 5.91 Å². The Morgan fingerprint density at radius 1 is 1.07 bits per heavy atom. The first kappa shape index (κ1) is 21.6.